The first-order valence-corrected chi connectivity index (χ1v) is 8.05. The maximum absolute atomic E-state index is 12.6. The van der Waals surface area contributed by atoms with Crippen LogP contribution in [0.25, 0.3) is 0 Å². The maximum Gasteiger partial charge on any atom is 0.230 e. The van der Waals surface area contributed by atoms with Gasteiger partial charge in [-0.3, -0.25) is 4.79 Å². The Labute approximate surface area is 145 Å². The standard InChI is InChI=1S/C18H30N2O4/c1-18(2,14-7-8-15(23-5)16(13-14)24-6)17(21)19-9-10-20(3)11-12-22-4/h7-8,13H,9-12H2,1-6H3,(H,19,21). The van der Waals surface area contributed by atoms with Crippen LogP contribution in [0.4, 0.5) is 0 Å². The van der Waals surface area contributed by atoms with Crippen LogP contribution in [0.3, 0.4) is 0 Å². The quantitative estimate of drug-likeness (QED) is 0.703. The lowest BCUT2D eigenvalue weighted by Gasteiger charge is -2.26. The minimum atomic E-state index is -0.662. The Hall–Kier alpha value is -1.79. The van der Waals surface area contributed by atoms with Gasteiger partial charge in [0.1, 0.15) is 0 Å². The molecule has 6 nitrogen and oxygen atoms in total. The number of likely N-dealkylation sites (N-methyl/N-ethyl adjacent to an activating group) is 1. The summed E-state index contributed by atoms with van der Waals surface area (Å²) in [4.78, 5) is 14.7. The van der Waals surface area contributed by atoms with E-state index in [2.05, 4.69) is 10.2 Å². The molecule has 0 atom stereocenters. The van der Waals surface area contributed by atoms with E-state index in [9.17, 15) is 4.79 Å². The lowest BCUT2D eigenvalue weighted by Crippen LogP contribution is -2.43. The molecule has 0 aliphatic carbocycles. The molecule has 0 spiro atoms. The number of benzene rings is 1. The number of carbonyl (C=O) groups is 1. The topological polar surface area (TPSA) is 60.0 Å². The van der Waals surface area contributed by atoms with Gasteiger partial charge >= 0.3 is 0 Å². The van der Waals surface area contributed by atoms with Crippen LogP contribution in [0.2, 0.25) is 0 Å². The fourth-order valence-electron chi connectivity index (χ4n) is 2.30. The van der Waals surface area contributed by atoms with Crippen LogP contribution in [0.15, 0.2) is 18.2 Å². The van der Waals surface area contributed by atoms with Crippen LogP contribution in [-0.4, -0.2) is 65.4 Å². The molecule has 1 aromatic carbocycles. The molecule has 6 heteroatoms. The number of nitrogens with zero attached hydrogens (tertiary/aromatic N) is 1. The molecule has 0 saturated heterocycles. The van der Waals surface area contributed by atoms with E-state index in [-0.39, 0.29) is 5.91 Å². The van der Waals surface area contributed by atoms with E-state index in [0.717, 1.165) is 18.7 Å². The zero-order chi connectivity index (χ0) is 18.2. The Balaban J connectivity index is 2.68. The second-order valence-electron chi connectivity index (χ2n) is 6.25. The molecule has 0 fully saturated rings. The van der Waals surface area contributed by atoms with Crippen molar-refractivity contribution in [3.05, 3.63) is 23.8 Å². The van der Waals surface area contributed by atoms with Gasteiger partial charge in [-0.05, 0) is 38.6 Å². The third-order valence-corrected chi connectivity index (χ3v) is 4.13. The number of methoxy groups -OCH3 is 3. The van der Waals surface area contributed by atoms with Crippen LogP contribution in [-0.2, 0) is 14.9 Å². The van der Waals surface area contributed by atoms with Crippen molar-refractivity contribution in [1.82, 2.24) is 10.2 Å². The zero-order valence-electron chi connectivity index (χ0n) is 15.6. The van der Waals surface area contributed by atoms with Gasteiger partial charge in [-0.2, -0.15) is 0 Å². The van der Waals surface area contributed by atoms with Crippen LogP contribution < -0.4 is 14.8 Å². The predicted octanol–water partition coefficient (Wildman–Crippen LogP) is 1.68. The Kier molecular flexibility index (Phi) is 8.01. The molecule has 0 radical (unpaired) electrons. The second kappa shape index (κ2) is 9.49. The molecular formula is C18H30N2O4. The van der Waals surface area contributed by atoms with E-state index in [4.69, 9.17) is 14.2 Å². The monoisotopic (exact) mass is 338 g/mol. The fourth-order valence-corrected chi connectivity index (χ4v) is 2.30. The molecule has 0 unspecified atom stereocenters. The highest BCUT2D eigenvalue weighted by Gasteiger charge is 2.30. The first kappa shape index (κ1) is 20.3. The normalized spacial score (nSPS) is 11.5. The molecule has 0 bridgehead atoms. The highest BCUT2D eigenvalue weighted by atomic mass is 16.5. The van der Waals surface area contributed by atoms with Crippen molar-refractivity contribution >= 4 is 5.91 Å². The fraction of sp³-hybridized carbons (Fsp3) is 0.611. The van der Waals surface area contributed by atoms with Gasteiger partial charge in [0.15, 0.2) is 11.5 Å². The smallest absolute Gasteiger partial charge is 0.230 e. The third kappa shape index (κ3) is 5.39. The molecule has 1 aromatic rings. The van der Waals surface area contributed by atoms with Gasteiger partial charge < -0.3 is 24.4 Å². The van der Waals surface area contributed by atoms with Crippen molar-refractivity contribution in [2.75, 3.05) is 54.6 Å². The summed E-state index contributed by atoms with van der Waals surface area (Å²) in [6.07, 6.45) is 0. The van der Waals surface area contributed by atoms with Gasteiger partial charge in [0.25, 0.3) is 0 Å². The molecule has 1 amide bonds. The van der Waals surface area contributed by atoms with Crippen molar-refractivity contribution in [2.45, 2.75) is 19.3 Å². The predicted molar refractivity (Wildman–Crippen MR) is 95.0 cm³/mol. The van der Waals surface area contributed by atoms with E-state index in [1.54, 1.807) is 21.3 Å². The minimum Gasteiger partial charge on any atom is -0.493 e. The van der Waals surface area contributed by atoms with E-state index in [1.807, 2.05) is 39.1 Å². The van der Waals surface area contributed by atoms with Gasteiger partial charge in [0, 0.05) is 26.7 Å². The van der Waals surface area contributed by atoms with Gasteiger partial charge in [0.05, 0.1) is 26.2 Å². The van der Waals surface area contributed by atoms with E-state index in [0.29, 0.717) is 24.7 Å². The average Bonchev–Trinajstić information content (AvgIpc) is 2.58. The van der Waals surface area contributed by atoms with E-state index in [1.165, 1.54) is 0 Å². The molecule has 136 valence electrons. The largest absolute Gasteiger partial charge is 0.493 e. The molecule has 0 saturated carbocycles. The van der Waals surface area contributed by atoms with Crippen LogP contribution in [0.1, 0.15) is 19.4 Å². The first-order valence-electron chi connectivity index (χ1n) is 8.05. The van der Waals surface area contributed by atoms with Crippen molar-refractivity contribution in [3.8, 4) is 11.5 Å². The SMILES string of the molecule is COCCN(C)CCNC(=O)C(C)(C)c1ccc(OC)c(OC)c1. The summed E-state index contributed by atoms with van der Waals surface area (Å²) in [5.41, 5.74) is 0.218. The Morgan fingerprint density at radius 3 is 2.38 bits per heavy atom. The lowest BCUT2D eigenvalue weighted by atomic mass is 9.83. The summed E-state index contributed by atoms with van der Waals surface area (Å²) in [5.74, 6) is 1.25. The number of carbonyl (C=O) groups excluding carboxylic acids is 1. The summed E-state index contributed by atoms with van der Waals surface area (Å²) in [7, 11) is 6.87. The zero-order valence-corrected chi connectivity index (χ0v) is 15.6. The van der Waals surface area contributed by atoms with Crippen molar-refractivity contribution in [2.24, 2.45) is 0 Å². The molecule has 0 aliphatic rings. The molecule has 0 aliphatic heterocycles. The van der Waals surface area contributed by atoms with E-state index < -0.39 is 5.41 Å². The van der Waals surface area contributed by atoms with Crippen LogP contribution >= 0.6 is 0 Å². The molecule has 24 heavy (non-hydrogen) atoms. The molecule has 0 heterocycles. The first-order chi connectivity index (χ1) is 11.4. The Morgan fingerprint density at radius 1 is 1.12 bits per heavy atom. The summed E-state index contributed by atoms with van der Waals surface area (Å²) in [6.45, 7) is 6.69. The number of ether oxygens (including phenoxy) is 3. The second-order valence-corrected chi connectivity index (χ2v) is 6.25. The maximum atomic E-state index is 12.6. The van der Waals surface area contributed by atoms with Crippen molar-refractivity contribution < 1.29 is 19.0 Å². The Morgan fingerprint density at radius 2 is 1.79 bits per heavy atom. The number of hydrogen-bond acceptors (Lipinski definition) is 5. The van der Waals surface area contributed by atoms with Gasteiger partial charge in [0.2, 0.25) is 5.91 Å². The Bertz CT molecular complexity index is 532. The summed E-state index contributed by atoms with van der Waals surface area (Å²) in [6, 6.07) is 5.57. The highest BCUT2D eigenvalue weighted by molar-refractivity contribution is 5.87. The van der Waals surface area contributed by atoms with Crippen molar-refractivity contribution in [1.29, 1.82) is 0 Å². The summed E-state index contributed by atoms with van der Waals surface area (Å²) in [5, 5.41) is 3.00. The van der Waals surface area contributed by atoms with Gasteiger partial charge in [-0.1, -0.05) is 6.07 Å². The molecule has 1 rings (SSSR count). The molecular weight excluding hydrogens is 308 g/mol. The number of nitrogens with one attached hydrogen (secondary N) is 1. The van der Waals surface area contributed by atoms with Gasteiger partial charge in [-0.25, -0.2) is 0 Å². The molecule has 0 aromatic heterocycles. The third-order valence-electron chi connectivity index (χ3n) is 4.13. The minimum absolute atomic E-state index is 0.0186. The number of amides is 1. The highest BCUT2D eigenvalue weighted by Crippen LogP contribution is 2.33. The van der Waals surface area contributed by atoms with E-state index >= 15 is 0 Å². The average molecular weight is 338 g/mol. The number of rotatable bonds is 10. The lowest BCUT2D eigenvalue weighted by molar-refractivity contribution is -0.125. The van der Waals surface area contributed by atoms with Crippen LogP contribution in [0, 0.1) is 0 Å². The van der Waals surface area contributed by atoms with Crippen molar-refractivity contribution in [3.63, 3.8) is 0 Å². The molecule has 1 N–H and O–H groups in total. The number of hydrogen-bond donors (Lipinski definition) is 1. The summed E-state index contributed by atoms with van der Waals surface area (Å²) >= 11 is 0. The van der Waals surface area contributed by atoms with Gasteiger partial charge in [-0.15, -0.1) is 0 Å². The van der Waals surface area contributed by atoms with Crippen LogP contribution in [0.5, 0.6) is 11.5 Å². The summed E-state index contributed by atoms with van der Waals surface area (Å²) < 4.78 is 15.6.